The summed E-state index contributed by atoms with van der Waals surface area (Å²) in [6.45, 7) is 2.45. The van der Waals surface area contributed by atoms with Crippen LogP contribution in [0.15, 0.2) is 30.3 Å². The third-order valence-corrected chi connectivity index (χ3v) is 3.99. The lowest BCUT2D eigenvalue weighted by Crippen LogP contribution is -2.37. The van der Waals surface area contributed by atoms with E-state index in [0.717, 1.165) is 11.3 Å². The predicted octanol–water partition coefficient (Wildman–Crippen LogP) is 1.10. The van der Waals surface area contributed by atoms with Crippen LogP contribution in [-0.2, 0) is 17.9 Å². The predicted molar refractivity (Wildman–Crippen MR) is 96.8 cm³/mol. The molecule has 0 bridgehead atoms. The van der Waals surface area contributed by atoms with Gasteiger partial charge in [-0.2, -0.15) is 4.98 Å². The number of ether oxygens (including phenoxy) is 3. The van der Waals surface area contributed by atoms with E-state index >= 15 is 0 Å². The Morgan fingerprint density at radius 1 is 1.26 bits per heavy atom. The molecule has 2 N–H and O–H groups in total. The number of hydrogen-bond acceptors (Lipinski definition) is 8. The first kappa shape index (κ1) is 18.9. The Morgan fingerprint density at radius 3 is 2.67 bits per heavy atom. The normalized spacial score (nSPS) is 13.9. The van der Waals surface area contributed by atoms with Gasteiger partial charge >= 0.3 is 6.09 Å². The fourth-order valence-corrected chi connectivity index (χ4v) is 2.55. The number of aromatic nitrogens is 2. The third kappa shape index (κ3) is 5.28. The van der Waals surface area contributed by atoms with Crippen molar-refractivity contribution in [3.05, 3.63) is 41.6 Å². The maximum atomic E-state index is 12.1. The summed E-state index contributed by atoms with van der Waals surface area (Å²) in [5.74, 6) is 1.24. The molecule has 9 nitrogen and oxygen atoms in total. The largest absolute Gasteiger partial charge is 0.497 e. The molecule has 1 aliphatic rings. The van der Waals surface area contributed by atoms with Gasteiger partial charge in [-0.25, -0.2) is 9.78 Å². The first-order chi connectivity index (χ1) is 13.2. The average molecular weight is 374 g/mol. The van der Waals surface area contributed by atoms with Gasteiger partial charge in [0.2, 0.25) is 11.8 Å². The molecule has 0 atom stereocenters. The molecule has 144 valence electrons. The number of benzene rings is 1. The Labute approximate surface area is 156 Å². The molecule has 0 unspecified atom stereocenters. The Bertz CT molecular complexity index is 763. The lowest BCUT2D eigenvalue weighted by molar-refractivity contribution is 0.122. The van der Waals surface area contributed by atoms with Crippen LogP contribution in [0.1, 0.15) is 11.3 Å². The number of amides is 1. The van der Waals surface area contributed by atoms with Gasteiger partial charge in [-0.3, -0.25) is 0 Å². The quantitative estimate of drug-likeness (QED) is 0.774. The van der Waals surface area contributed by atoms with Crippen molar-refractivity contribution in [2.75, 3.05) is 38.3 Å². The van der Waals surface area contributed by atoms with Gasteiger partial charge in [0.1, 0.15) is 5.75 Å². The zero-order chi connectivity index (χ0) is 19.1. The fraction of sp³-hybridized carbons (Fsp3) is 0.389. The summed E-state index contributed by atoms with van der Waals surface area (Å²) >= 11 is 0. The van der Waals surface area contributed by atoms with Crippen LogP contribution in [0.4, 0.5) is 10.7 Å². The zero-order valence-electron chi connectivity index (χ0n) is 15.1. The number of morpholine rings is 1. The first-order valence-corrected chi connectivity index (χ1v) is 8.58. The van der Waals surface area contributed by atoms with Gasteiger partial charge in [0.05, 0.1) is 32.6 Å². The van der Waals surface area contributed by atoms with E-state index in [4.69, 9.17) is 14.2 Å². The van der Waals surface area contributed by atoms with Gasteiger partial charge in [0.25, 0.3) is 0 Å². The molecule has 3 rings (SSSR count). The highest BCUT2D eigenvalue weighted by Gasteiger charge is 2.17. The molecule has 0 aliphatic carbocycles. The average Bonchev–Trinajstić information content (AvgIpc) is 2.73. The summed E-state index contributed by atoms with van der Waals surface area (Å²) in [5.41, 5.74) is 1.28. The minimum absolute atomic E-state index is 0.0859. The molecule has 1 saturated heterocycles. The first-order valence-electron chi connectivity index (χ1n) is 8.58. The Balaban J connectivity index is 1.61. The van der Waals surface area contributed by atoms with Crippen molar-refractivity contribution < 1.29 is 24.1 Å². The van der Waals surface area contributed by atoms with Crippen molar-refractivity contribution in [2.24, 2.45) is 0 Å². The highest BCUT2D eigenvalue weighted by atomic mass is 16.6. The van der Waals surface area contributed by atoms with E-state index in [2.05, 4.69) is 15.3 Å². The molecule has 1 fully saturated rings. The number of anilines is 1. The van der Waals surface area contributed by atoms with Crippen LogP contribution in [-0.4, -0.2) is 54.6 Å². The summed E-state index contributed by atoms with van der Waals surface area (Å²) in [6.07, 6.45) is -0.638. The minimum Gasteiger partial charge on any atom is -0.497 e. The van der Waals surface area contributed by atoms with Gasteiger partial charge in [-0.1, -0.05) is 12.1 Å². The highest BCUT2D eigenvalue weighted by molar-refractivity contribution is 5.70. The number of nitrogens with zero attached hydrogens (tertiary/aromatic N) is 3. The van der Waals surface area contributed by atoms with Gasteiger partial charge in [0, 0.05) is 25.7 Å². The molecule has 27 heavy (non-hydrogen) atoms. The Hall–Kier alpha value is -2.91. The van der Waals surface area contributed by atoms with E-state index in [0.29, 0.717) is 44.5 Å². The summed E-state index contributed by atoms with van der Waals surface area (Å²) < 4.78 is 15.7. The number of carbonyl (C=O) groups is 1. The van der Waals surface area contributed by atoms with Crippen molar-refractivity contribution in [2.45, 2.75) is 13.2 Å². The van der Waals surface area contributed by atoms with E-state index in [-0.39, 0.29) is 12.5 Å². The van der Waals surface area contributed by atoms with Crippen LogP contribution >= 0.6 is 0 Å². The van der Waals surface area contributed by atoms with E-state index in [1.807, 2.05) is 29.2 Å². The van der Waals surface area contributed by atoms with E-state index in [9.17, 15) is 9.90 Å². The van der Waals surface area contributed by atoms with E-state index in [1.165, 1.54) is 6.07 Å². The maximum absolute atomic E-state index is 12.1. The van der Waals surface area contributed by atoms with Crippen molar-refractivity contribution in [3.8, 4) is 11.6 Å². The fourth-order valence-electron chi connectivity index (χ4n) is 2.55. The summed E-state index contributed by atoms with van der Waals surface area (Å²) in [4.78, 5) is 22.6. The van der Waals surface area contributed by atoms with Crippen molar-refractivity contribution in [3.63, 3.8) is 0 Å². The molecule has 1 aromatic carbocycles. The number of hydrogen-bond donors (Lipinski definition) is 2. The molecule has 0 radical (unpaired) electrons. The van der Waals surface area contributed by atoms with Gasteiger partial charge in [0.15, 0.2) is 0 Å². The Morgan fingerprint density at radius 2 is 2.00 bits per heavy atom. The standard InChI is InChI=1S/C18H22N4O5/c1-25-15-4-2-13(3-5-15)11-19-18(24)27-16-10-14(12-23)20-17(21-16)22-6-8-26-9-7-22/h2-5,10,23H,6-9,11-12H2,1H3,(H,19,24). The molecule has 2 heterocycles. The second-order valence-corrected chi connectivity index (χ2v) is 5.85. The Kier molecular flexibility index (Phi) is 6.39. The van der Waals surface area contributed by atoms with Crippen molar-refractivity contribution in [1.29, 1.82) is 0 Å². The summed E-state index contributed by atoms with van der Waals surface area (Å²) in [6, 6.07) is 8.77. The molecular formula is C18H22N4O5. The number of rotatable bonds is 6. The van der Waals surface area contributed by atoms with Gasteiger partial charge in [-0.05, 0) is 17.7 Å². The lowest BCUT2D eigenvalue weighted by Gasteiger charge is -2.27. The van der Waals surface area contributed by atoms with Crippen LogP contribution in [0.2, 0.25) is 0 Å². The number of aliphatic hydroxyl groups is 1. The van der Waals surface area contributed by atoms with Crippen LogP contribution < -0.4 is 19.7 Å². The van der Waals surface area contributed by atoms with Crippen LogP contribution in [0.25, 0.3) is 0 Å². The smallest absolute Gasteiger partial charge is 0.414 e. The summed E-state index contributed by atoms with van der Waals surface area (Å²) in [5, 5.41) is 12.1. The number of methoxy groups -OCH3 is 1. The van der Waals surface area contributed by atoms with Crippen molar-refractivity contribution >= 4 is 12.0 Å². The number of aliphatic hydroxyl groups excluding tert-OH is 1. The van der Waals surface area contributed by atoms with Crippen LogP contribution in [0, 0.1) is 0 Å². The number of carbonyl (C=O) groups excluding carboxylic acids is 1. The molecule has 1 aliphatic heterocycles. The molecule has 1 amide bonds. The second kappa shape index (κ2) is 9.15. The summed E-state index contributed by atoms with van der Waals surface area (Å²) in [7, 11) is 1.60. The molecule has 0 saturated carbocycles. The monoisotopic (exact) mass is 374 g/mol. The highest BCUT2D eigenvalue weighted by Crippen LogP contribution is 2.17. The van der Waals surface area contributed by atoms with E-state index in [1.54, 1.807) is 7.11 Å². The molecule has 2 aromatic rings. The van der Waals surface area contributed by atoms with Crippen LogP contribution in [0.5, 0.6) is 11.6 Å². The van der Waals surface area contributed by atoms with Gasteiger partial charge in [-0.15, -0.1) is 0 Å². The molecule has 9 heteroatoms. The lowest BCUT2D eigenvalue weighted by atomic mass is 10.2. The van der Waals surface area contributed by atoms with Crippen molar-refractivity contribution in [1.82, 2.24) is 15.3 Å². The maximum Gasteiger partial charge on any atom is 0.414 e. The SMILES string of the molecule is COc1ccc(CNC(=O)Oc2cc(CO)nc(N3CCOCC3)n2)cc1. The minimum atomic E-state index is -0.638. The second-order valence-electron chi connectivity index (χ2n) is 5.85. The zero-order valence-corrected chi connectivity index (χ0v) is 15.1. The van der Waals surface area contributed by atoms with E-state index < -0.39 is 6.09 Å². The molecule has 0 spiro atoms. The van der Waals surface area contributed by atoms with Crippen LogP contribution in [0.3, 0.4) is 0 Å². The molecular weight excluding hydrogens is 352 g/mol. The van der Waals surface area contributed by atoms with Gasteiger partial charge < -0.3 is 29.5 Å². The third-order valence-electron chi connectivity index (χ3n) is 3.99. The topological polar surface area (TPSA) is 106 Å². The molecule has 1 aromatic heterocycles. The number of nitrogens with one attached hydrogen (secondary N) is 1.